The van der Waals surface area contributed by atoms with E-state index in [1.807, 2.05) is 58.8 Å². The number of pyridine rings is 2. The Morgan fingerprint density at radius 1 is 1.13 bits per heavy atom. The Hall–Kier alpha value is -3.58. The monoisotopic (exact) mass is 429 g/mol. The predicted octanol–water partition coefficient (Wildman–Crippen LogP) is 5.33. The molecule has 0 saturated carbocycles. The summed E-state index contributed by atoms with van der Waals surface area (Å²) in [5.74, 6) is 0.274. The van der Waals surface area contributed by atoms with E-state index in [1.165, 1.54) is 16.9 Å². The van der Waals surface area contributed by atoms with Gasteiger partial charge in [-0.15, -0.1) is 11.3 Å². The fourth-order valence-electron chi connectivity index (χ4n) is 3.05. The van der Waals surface area contributed by atoms with Crippen LogP contribution in [0.4, 0.5) is 5.13 Å². The summed E-state index contributed by atoms with van der Waals surface area (Å²) in [5.41, 5.74) is 4.53. The zero-order chi connectivity index (χ0) is 21.6. The molecule has 4 heterocycles. The average Bonchev–Trinajstić information content (AvgIpc) is 3.42. The Bertz CT molecular complexity index is 1180. The molecule has 0 unspecified atom stereocenters. The number of thiazole rings is 1. The highest BCUT2D eigenvalue weighted by Crippen LogP contribution is 2.19. The first kappa shape index (κ1) is 20.7. The molecular weight excluding hydrogens is 406 g/mol. The second kappa shape index (κ2) is 9.49. The van der Waals surface area contributed by atoms with Gasteiger partial charge in [0.15, 0.2) is 5.13 Å². The summed E-state index contributed by atoms with van der Waals surface area (Å²) >= 11 is 1.39. The molecule has 0 fully saturated rings. The molecule has 0 aliphatic heterocycles. The van der Waals surface area contributed by atoms with Crippen LogP contribution in [0.5, 0.6) is 0 Å². The van der Waals surface area contributed by atoms with Gasteiger partial charge in [0.25, 0.3) is 5.91 Å². The number of rotatable bonds is 7. The topological polar surface area (TPSA) is 72.7 Å². The van der Waals surface area contributed by atoms with Crippen molar-refractivity contribution in [1.82, 2.24) is 19.5 Å². The molecule has 0 atom stereocenters. The zero-order valence-corrected chi connectivity index (χ0v) is 18.2. The third kappa shape index (κ3) is 5.32. The van der Waals surface area contributed by atoms with Crippen LogP contribution in [0.3, 0.4) is 0 Å². The van der Waals surface area contributed by atoms with Gasteiger partial charge in [-0.2, -0.15) is 0 Å². The second-order valence-electron chi connectivity index (χ2n) is 7.41. The van der Waals surface area contributed by atoms with Crippen molar-refractivity contribution in [3.63, 3.8) is 0 Å². The van der Waals surface area contributed by atoms with E-state index in [0.717, 1.165) is 17.0 Å². The molecule has 0 aliphatic carbocycles. The lowest BCUT2D eigenvalue weighted by molar-refractivity contribution is 0.101. The minimum absolute atomic E-state index is 0.185. The standard InChI is InChI=1S/C24H23N5OS/c1-17(2)19-5-6-20(26-14-19)7-8-21-16-31-24(27-21)28-23(30)22-4-3-13-29(22)15-18-9-11-25-12-10-18/h3-14,16-17H,15H2,1-2H3,(H,27,28,30). The molecule has 0 radical (unpaired) electrons. The summed E-state index contributed by atoms with van der Waals surface area (Å²) < 4.78 is 1.91. The van der Waals surface area contributed by atoms with E-state index < -0.39 is 0 Å². The van der Waals surface area contributed by atoms with E-state index in [-0.39, 0.29) is 5.91 Å². The molecule has 1 amide bonds. The number of amides is 1. The molecule has 0 aliphatic rings. The number of aromatic nitrogens is 4. The summed E-state index contributed by atoms with van der Waals surface area (Å²) in [4.78, 5) is 25.7. The summed E-state index contributed by atoms with van der Waals surface area (Å²) in [6, 6.07) is 11.6. The first-order chi connectivity index (χ1) is 15.1. The van der Waals surface area contributed by atoms with E-state index in [4.69, 9.17) is 0 Å². The van der Waals surface area contributed by atoms with Crippen LogP contribution in [0.1, 0.15) is 52.8 Å². The molecule has 0 bridgehead atoms. The molecular formula is C24H23N5OS. The van der Waals surface area contributed by atoms with Crippen LogP contribution in [0.15, 0.2) is 66.6 Å². The Balaban J connectivity index is 1.40. The average molecular weight is 430 g/mol. The summed E-state index contributed by atoms with van der Waals surface area (Å²) in [6.07, 6.45) is 11.1. The maximum absolute atomic E-state index is 12.8. The Labute approximate surface area is 185 Å². The van der Waals surface area contributed by atoms with Crippen molar-refractivity contribution in [2.45, 2.75) is 26.3 Å². The van der Waals surface area contributed by atoms with E-state index in [2.05, 4.69) is 40.2 Å². The largest absolute Gasteiger partial charge is 0.339 e. The highest BCUT2D eigenvalue weighted by molar-refractivity contribution is 7.14. The van der Waals surface area contributed by atoms with E-state index in [0.29, 0.717) is 23.3 Å². The van der Waals surface area contributed by atoms with Gasteiger partial charge in [0, 0.05) is 36.7 Å². The van der Waals surface area contributed by atoms with Crippen LogP contribution >= 0.6 is 11.3 Å². The molecule has 4 aromatic heterocycles. The molecule has 0 aromatic carbocycles. The quantitative estimate of drug-likeness (QED) is 0.431. The molecule has 156 valence electrons. The normalized spacial score (nSPS) is 11.3. The van der Waals surface area contributed by atoms with Gasteiger partial charge < -0.3 is 4.57 Å². The molecule has 7 heteroatoms. The third-order valence-electron chi connectivity index (χ3n) is 4.81. The number of anilines is 1. The van der Waals surface area contributed by atoms with Crippen LogP contribution in [0, 0.1) is 0 Å². The molecule has 4 aromatic rings. The van der Waals surface area contributed by atoms with Crippen molar-refractivity contribution in [3.05, 3.63) is 94.8 Å². The molecule has 1 N–H and O–H groups in total. The summed E-state index contributed by atoms with van der Waals surface area (Å²) in [5, 5.41) is 5.36. The van der Waals surface area contributed by atoms with Crippen LogP contribution in [0.2, 0.25) is 0 Å². The van der Waals surface area contributed by atoms with Crippen LogP contribution in [-0.4, -0.2) is 25.4 Å². The number of hydrogen-bond acceptors (Lipinski definition) is 5. The lowest BCUT2D eigenvalue weighted by atomic mass is 10.1. The Kier molecular flexibility index (Phi) is 6.33. The van der Waals surface area contributed by atoms with Gasteiger partial charge in [-0.3, -0.25) is 20.1 Å². The smallest absolute Gasteiger partial charge is 0.274 e. The van der Waals surface area contributed by atoms with Crippen molar-refractivity contribution in [1.29, 1.82) is 0 Å². The van der Waals surface area contributed by atoms with Crippen molar-refractivity contribution in [3.8, 4) is 0 Å². The van der Waals surface area contributed by atoms with Crippen LogP contribution in [-0.2, 0) is 6.54 Å². The first-order valence-corrected chi connectivity index (χ1v) is 10.9. The van der Waals surface area contributed by atoms with E-state index in [1.54, 1.807) is 18.5 Å². The minimum atomic E-state index is -0.185. The third-order valence-corrected chi connectivity index (χ3v) is 5.58. The van der Waals surface area contributed by atoms with Crippen molar-refractivity contribution in [2.75, 3.05) is 5.32 Å². The van der Waals surface area contributed by atoms with Crippen molar-refractivity contribution in [2.24, 2.45) is 0 Å². The molecule has 31 heavy (non-hydrogen) atoms. The first-order valence-electron chi connectivity index (χ1n) is 10.0. The van der Waals surface area contributed by atoms with Crippen molar-refractivity contribution >= 4 is 34.5 Å². The number of carbonyl (C=O) groups is 1. The van der Waals surface area contributed by atoms with Crippen LogP contribution < -0.4 is 5.32 Å². The Morgan fingerprint density at radius 3 is 2.68 bits per heavy atom. The number of hydrogen-bond donors (Lipinski definition) is 1. The van der Waals surface area contributed by atoms with Gasteiger partial charge >= 0.3 is 0 Å². The second-order valence-corrected chi connectivity index (χ2v) is 8.27. The van der Waals surface area contributed by atoms with E-state index >= 15 is 0 Å². The lowest BCUT2D eigenvalue weighted by Gasteiger charge is -2.08. The van der Waals surface area contributed by atoms with Crippen molar-refractivity contribution < 1.29 is 4.79 Å². The van der Waals surface area contributed by atoms with E-state index in [9.17, 15) is 4.79 Å². The number of carbonyl (C=O) groups excluding carboxylic acids is 1. The maximum Gasteiger partial charge on any atom is 0.274 e. The van der Waals surface area contributed by atoms with Gasteiger partial charge in [0.1, 0.15) is 5.69 Å². The highest BCUT2D eigenvalue weighted by Gasteiger charge is 2.13. The summed E-state index contributed by atoms with van der Waals surface area (Å²) in [7, 11) is 0. The minimum Gasteiger partial charge on any atom is -0.339 e. The van der Waals surface area contributed by atoms with Gasteiger partial charge in [-0.25, -0.2) is 4.98 Å². The van der Waals surface area contributed by atoms with Crippen LogP contribution in [0.25, 0.3) is 12.2 Å². The molecule has 0 saturated heterocycles. The fraction of sp³-hybridized carbons (Fsp3) is 0.167. The van der Waals surface area contributed by atoms with Gasteiger partial charge in [-0.05, 0) is 59.5 Å². The Morgan fingerprint density at radius 2 is 1.94 bits per heavy atom. The summed E-state index contributed by atoms with van der Waals surface area (Å²) in [6.45, 7) is 4.90. The highest BCUT2D eigenvalue weighted by atomic mass is 32.1. The molecule has 6 nitrogen and oxygen atoms in total. The zero-order valence-electron chi connectivity index (χ0n) is 17.4. The predicted molar refractivity (Wildman–Crippen MR) is 125 cm³/mol. The maximum atomic E-state index is 12.8. The fourth-order valence-corrected chi connectivity index (χ4v) is 3.73. The number of nitrogens with one attached hydrogen (secondary N) is 1. The lowest BCUT2D eigenvalue weighted by Crippen LogP contribution is -2.17. The van der Waals surface area contributed by atoms with Gasteiger partial charge in [0.05, 0.1) is 11.4 Å². The number of nitrogens with zero attached hydrogens (tertiary/aromatic N) is 4. The molecule has 0 spiro atoms. The van der Waals surface area contributed by atoms with Gasteiger partial charge in [0.2, 0.25) is 0 Å². The molecule has 4 rings (SSSR count). The SMILES string of the molecule is CC(C)c1ccc(C=Cc2csc(NC(=O)c3cccn3Cc3ccncc3)n2)nc1. The van der Waals surface area contributed by atoms with Gasteiger partial charge in [-0.1, -0.05) is 19.9 Å².